The molecule has 0 saturated carbocycles. The van der Waals surface area contributed by atoms with Gasteiger partial charge in [0.05, 0.1) is 11.3 Å². The molecule has 128 valence electrons. The van der Waals surface area contributed by atoms with Crippen LogP contribution in [0.25, 0.3) is 11.3 Å². The molecule has 0 spiro atoms. The van der Waals surface area contributed by atoms with E-state index in [1.54, 1.807) is 11.3 Å². The Morgan fingerprint density at radius 2 is 1.88 bits per heavy atom. The predicted octanol–water partition coefficient (Wildman–Crippen LogP) is 3.75. The van der Waals surface area contributed by atoms with E-state index in [0.29, 0.717) is 13.1 Å². The lowest BCUT2D eigenvalue weighted by molar-refractivity contribution is 0.0747. The molecule has 0 aliphatic carbocycles. The molecule has 1 aliphatic heterocycles. The number of thiophene rings is 1. The Morgan fingerprint density at radius 3 is 2.56 bits per heavy atom. The smallest absolute Gasteiger partial charge is 0.254 e. The zero-order chi connectivity index (χ0) is 17.2. The number of nitrogens with zero attached hydrogens (tertiary/aromatic N) is 3. The summed E-state index contributed by atoms with van der Waals surface area (Å²) in [5, 5.41) is 12.1. The summed E-state index contributed by atoms with van der Waals surface area (Å²) in [5.74, 6) is 1.03. The van der Waals surface area contributed by atoms with Gasteiger partial charge in [-0.05, 0) is 29.1 Å². The third-order valence-corrected chi connectivity index (χ3v) is 5.31. The summed E-state index contributed by atoms with van der Waals surface area (Å²) in [5.41, 5.74) is 2.79. The zero-order valence-electron chi connectivity index (χ0n) is 13.5. The van der Waals surface area contributed by atoms with Gasteiger partial charge in [-0.1, -0.05) is 23.7 Å². The van der Waals surface area contributed by atoms with Gasteiger partial charge in [-0.2, -0.15) is 16.4 Å². The fourth-order valence-corrected chi connectivity index (χ4v) is 3.71. The van der Waals surface area contributed by atoms with Gasteiger partial charge >= 0.3 is 0 Å². The molecule has 1 saturated heterocycles. The lowest BCUT2D eigenvalue weighted by Gasteiger charge is -2.34. The highest BCUT2D eigenvalue weighted by Crippen LogP contribution is 2.24. The van der Waals surface area contributed by atoms with Crippen molar-refractivity contribution in [3.63, 3.8) is 0 Å². The Hall–Kier alpha value is -2.31. The normalized spacial score (nSPS) is 14.8. The van der Waals surface area contributed by atoms with Crippen LogP contribution in [-0.2, 0) is 0 Å². The largest absolute Gasteiger partial charge is 0.352 e. The topological polar surface area (TPSA) is 52.2 Å². The molecule has 0 atom stereocenters. The van der Waals surface area contributed by atoms with Crippen molar-refractivity contribution in [2.24, 2.45) is 0 Å². The van der Waals surface area contributed by atoms with Crippen LogP contribution in [0.15, 0.2) is 47.2 Å². The van der Waals surface area contributed by atoms with Crippen molar-refractivity contribution in [3.8, 4) is 11.3 Å². The average Bonchev–Trinajstić information content (AvgIpc) is 3.34. The molecule has 5 nitrogen and oxygen atoms in total. The second-order valence-electron chi connectivity index (χ2n) is 5.94. The first-order valence-electron chi connectivity index (χ1n) is 8.08. The molecule has 3 aromatic rings. The number of amides is 1. The quantitative estimate of drug-likeness (QED) is 0.761. The van der Waals surface area contributed by atoms with E-state index in [1.807, 2.05) is 52.1 Å². The van der Waals surface area contributed by atoms with E-state index < -0.39 is 0 Å². The van der Waals surface area contributed by atoms with E-state index >= 15 is 0 Å². The Labute approximate surface area is 154 Å². The molecule has 1 N–H and O–H groups in total. The summed E-state index contributed by atoms with van der Waals surface area (Å²) in [7, 11) is 0. The molecule has 0 radical (unpaired) electrons. The van der Waals surface area contributed by atoms with Gasteiger partial charge < -0.3 is 9.80 Å². The maximum absolute atomic E-state index is 12.4. The number of anilines is 1. The zero-order valence-corrected chi connectivity index (χ0v) is 15.1. The number of aromatic amines is 1. The van der Waals surface area contributed by atoms with Crippen LogP contribution in [0, 0.1) is 0 Å². The molecule has 1 amide bonds. The molecule has 25 heavy (non-hydrogen) atoms. The lowest BCUT2D eigenvalue weighted by Crippen LogP contribution is -2.48. The Kier molecular flexibility index (Phi) is 4.46. The van der Waals surface area contributed by atoms with Gasteiger partial charge in [-0.25, -0.2) is 0 Å². The van der Waals surface area contributed by atoms with Gasteiger partial charge in [-0.3, -0.25) is 9.89 Å². The van der Waals surface area contributed by atoms with Gasteiger partial charge in [0.15, 0.2) is 5.82 Å². The van der Waals surface area contributed by atoms with Crippen LogP contribution < -0.4 is 4.90 Å². The first-order chi connectivity index (χ1) is 12.2. The van der Waals surface area contributed by atoms with Crippen LogP contribution in [-0.4, -0.2) is 47.2 Å². The van der Waals surface area contributed by atoms with Crippen molar-refractivity contribution in [3.05, 3.63) is 57.7 Å². The molecular formula is C18H17ClN4OS. The molecule has 0 unspecified atom stereocenters. The predicted molar refractivity (Wildman–Crippen MR) is 101 cm³/mol. The van der Waals surface area contributed by atoms with Crippen LogP contribution >= 0.6 is 22.9 Å². The highest BCUT2D eigenvalue weighted by molar-refractivity contribution is 7.08. The number of carbonyl (C=O) groups excluding carboxylic acids is 1. The Balaban J connectivity index is 1.41. The average molecular weight is 373 g/mol. The Morgan fingerprint density at radius 1 is 1.12 bits per heavy atom. The van der Waals surface area contributed by atoms with Gasteiger partial charge in [0.2, 0.25) is 0 Å². The van der Waals surface area contributed by atoms with Crippen LogP contribution in [0.2, 0.25) is 5.02 Å². The Bertz CT molecular complexity index is 852. The van der Waals surface area contributed by atoms with E-state index in [2.05, 4.69) is 15.1 Å². The summed E-state index contributed by atoms with van der Waals surface area (Å²) in [6.45, 7) is 2.97. The van der Waals surface area contributed by atoms with Crippen molar-refractivity contribution >= 4 is 34.7 Å². The third-order valence-electron chi connectivity index (χ3n) is 4.38. The number of hydrogen-bond acceptors (Lipinski definition) is 4. The fourth-order valence-electron chi connectivity index (χ4n) is 2.96. The SMILES string of the molecule is O=C(c1ccsc1)N1CCN(c2cc(-c3ccc(Cl)cc3)[nH]n2)CC1. The molecular weight excluding hydrogens is 356 g/mol. The molecule has 2 aromatic heterocycles. The number of hydrogen-bond donors (Lipinski definition) is 1. The number of aromatic nitrogens is 2. The number of piperazine rings is 1. The number of nitrogens with one attached hydrogen (secondary N) is 1. The molecule has 1 aliphatic rings. The highest BCUT2D eigenvalue weighted by Gasteiger charge is 2.23. The molecule has 0 bridgehead atoms. The maximum Gasteiger partial charge on any atom is 0.254 e. The van der Waals surface area contributed by atoms with Gasteiger partial charge in [-0.15, -0.1) is 0 Å². The molecule has 3 heterocycles. The second-order valence-corrected chi connectivity index (χ2v) is 7.15. The number of carbonyl (C=O) groups is 1. The summed E-state index contributed by atoms with van der Waals surface area (Å²) >= 11 is 7.49. The van der Waals surface area contributed by atoms with Crippen molar-refractivity contribution in [1.82, 2.24) is 15.1 Å². The summed E-state index contributed by atoms with van der Waals surface area (Å²) < 4.78 is 0. The summed E-state index contributed by atoms with van der Waals surface area (Å²) in [6, 6.07) is 11.6. The van der Waals surface area contributed by atoms with E-state index in [0.717, 1.165) is 40.8 Å². The van der Waals surface area contributed by atoms with Gasteiger partial charge in [0.1, 0.15) is 0 Å². The van der Waals surface area contributed by atoms with Gasteiger partial charge in [0, 0.05) is 42.6 Å². The van der Waals surface area contributed by atoms with Crippen molar-refractivity contribution in [1.29, 1.82) is 0 Å². The molecule has 1 aromatic carbocycles. The standard InChI is InChI=1S/C18H17ClN4OS/c19-15-3-1-13(2-4-15)16-11-17(21-20-16)22-6-8-23(9-7-22)18(24)14-5-10-25-12-14/h1-5,10-12H,6-9H2,(H,20,21). The monoisotopic (exact) mass is 372 g/mol. The van der Waals surface area contributed by atoms with Crippen molar-refractivity contribution < 1.29 is 4.79 Å². The van der Waals surface area contributed by atoms with E-state index in [-0.39, 0.29) is 5.91 Å². The van der Waals surface area contributed by atoms with Gasteiger partial charge in [0.25, 0.3) is 5.91 Å². The van der Waals surface area contributed by atoms with E-state index in [9.17, 15) is 4.79 Å². The lowest BCUT2D eigenvalue weighted by atomic mass is 10.1. The number of halogens is 1. The molecule has 1 fully saturated rings. The second kappa shape index (κ2) is 6.90. The van der Waals surface area contributed by atoms with Crippen LogP contribution in [0.4, 0.5) is 5.82 Å². The number of benzene rings is 1. The van der Waals surface area contributed by atoms with Crippen molar-refractivity contribution in [2.75, 3.05) is 31.1 Å². The molecule has 4 rings (SSSR count). The summed E-state index contributed by atoms with van der Waals surface area (Å²) in [4.78, 5) is 16.5. The minimum absolute atomic E-state index is 0.116. The fraction of sp³-hybridized carbons (Fsp3) is 0.222. The first kappa shape index (κ1) is 16.2. The van der Waals surface area contributed by atoms with E-state index in [4.69, 9.17) is 11.6 Å². The van der Waals surface area contributed by atoms with Crippen LogP contribution in [0.3, 0.4) is 0 Å². The minimum atomic E-state index is 0.116. The number of rotatable bonds is 3. The maximum atomic E-state index is 12.4. The highest BCUT2D eigenvalue weighted by atomic mass is 35.5. The van der Waals surface area contributed by atoms with Crippen LogP contribution in [0.1, 0.15) is 10.4 Å². The van der Waals surface area contributed by atoms with Crippen LogP contribution in [0.5, 0.6) is 0 Å². The number of H-pyrrole nitrogens is 1. The van der Waals surface area contributed by atoms with Crippen molar-refractivity contribution in [2.45, 2.75) is 0 Å². The van der Waals surface area contributed by atoms with E-state index in [1.165, 1.54) is 0 Å². The minimum Gasteiger partial charge on any atom is -0.352 e. The first-order valence-corrected chi connectivity index (χ1v) is 9.40. The molecule has 7 heteroatoms. The third kappa shape index (κ3) is 3.41. The summed E-state index contributed by atoms with van der Waals surface area (Å²) in [6.07, 6.45) is 0.